The van der Waals surface area contributed by atoms with E-state index < -0.39 is 5.91 Å². The van der Waals surface area contributed by atoms with Crippen LogP contribution >= 0.6 is 0 Å². The molecular formula is C23H32N4O3. The number of nitrogens with two attached hydrogens (primary N) is 1. The molecule has 7 heteroatoms. The van der Waals surface area contributed by atoms with Crippen LogP contribution in [-0.2, 0) is 13.0 Å². The van der Waals surface area contributed by atoms with E-state index in [1.807, 2.05) is 45.0 Å². The number of rotatable bonds is 11. The van der Waals surface area contributed by atoms with Gasteiger partial charge in [-0.05, 0) is 62.6 Å². The highest BCUT2D eigenvalue weighted by Gasteiger charge is 2.07. The normalized spacial score (nSPS) is 11.1. The predicted molar refractivity (Wildman–Crippen MR) is 120 cm³/mol. The molecule has 0 unspecified atom stereocenters. The van der Waals surface area contributed by atoms with E-state index in [2.05, 4.69) is 21.7 Å². The second-order valence-electron chi connectivity index (χ2n) is 6.58. The SMILES string of the molecule is CCNC(=NCc1cccc(C(N)=O)c1)NCCc1ccc(OCC)c(OCC)c1. The number of aliphatic imine (C=N–C) groups is 1. The number of hydrogen-bond donors (Lipinski definition) is 3. The molecule has 0 aliphatic carbocycles. The Morgan fingerprint density at radius 2 is 1.73 bits per heavy atom. The molecule has 0 aliphatic heterocycles. The van der Waals surface area contributed by atoms with E-state index in [-0.39, 0.29) is 0 Å². The first-order chi connectivity index (χ1) is 14.6. The second-order valence-corrected chi connectivity index (χ2v) is 6.58. The number of guanidine groups is 1. The maximum absolute atomic E-state index is 11.3. The lowest BCUT2D eigenvalue weighted by Gasteiger charge is -2.14. The van der Waals surface area contributed by atoms with Gasteiger partial charge in [0.1, 0.15) is 0 Å². The summed E-state index contributed by atoms with van der Waals surface area (Å²) in [6, 6.07) is 13.2. The van der Waals surface area contributed by atoms with Gasteiger partial charge in [0, 0.05) is 18.7 Å². The number of carbonyl (C=O) groups excluding carboxylic acids is 1. The third kappa shape index (κ3) is 7.31. The molecule has 0 heterocycles. The Morgan fingerprint density at radius 3 is 2.43 bits per heavy atom. The molecule has 0 aliphatic rings. The highest BCUT2D eigenvalue weighted by atomic mass is 16.5. The van der Waals surface area contributed by atoms with Crippen molar-refractivity contribution in [2.45, 2.75) is 33.7 Å². The number of primary amides is 1. The van der Waals surface area contributed by atoms with Gasteiger partial charge in [-0.1, -0.05) is 18.2 Å². The molecule has 0 aromatic heterocycles. The van der Waals surface area contributed by atoms with E-state index in [4.69, 9.17) is 15.2 Å². The predicted octanol–water partition coefficient (Wildman–Crippen LogP) is 2.88. The maximum atomic E-state index is 11.3. The molecule has 0 radical (unpaired) electrons. The van der Waals surface area contributed by atoms with Crippen molar-refractivity contribution in [2.24, 2.45) is 10.7 Å². The Morgan fingerprint density at radius 1 is 0.967 bits per heavy atom. The summed E-state index contributed by atoms with van der Waals surface area (Å²) in [5, 5.41) is 6.58. The molecule has 1 amide bonds. The van der Waals surface area contributed by atoms with Gasteiger partial charge < -0.3 is 25.8 Å². The fraction of sp³-hybridized carbons (Fsp3) is 0.391. The van der Waals surface area contributed by atoms with Gasteiger partial charge >= 0.3 is 0 Å². The van der Waals surface area contributed by atoms with Gasteiger partial charge in [-0.2, -0.15) is 0 Å². The standard InChI is InChI=1S/C23H32N4O3/c1-4-25-23(27-16-18-8-7-9-19(14-18)22(24)28)26-13-12-17-10-11-20(29-5-2)21(15-17)30-6-3/h7-11,14-15H,4-6,12-13,16H2,1-3H3,(H2,24,28)(H2,25,26,27). The van der Waals surface area contributed by atoms with Gasteiger partial charge in [0.25, 0.3) is 0 Å². The third-order valence-electron chi connectivity index (χ3n) is 4.29. The van der Waals surface area contributed by atoms with Crippen molar-refractivity contribution < 1.29 is 14.3 Å². The van der Waals surface area contributed by atoms with Gasteiger partial charge in [-0.15, -0.1) is 0 Å². The zero-order valence-corrected chi connectivity index (χ0v) is 18.0. The molecule has 0 saturated carbocycles. The van der Waals surface area contributed by atoms with Crippen LogP contribution in [0.1, 0.15) is 42.3 Å². The molecule has 0 atom stereocenters. The van der Waals surface area contributed by atoms with E-state index in [0.29, 0.717) is 31.9 Å². The van der Waals surface area contributed by atoms with Gasteiger partial charge in [0.2, 0.25) is 5.91 Å². The first-order valence-corrected chi connectivity index (χ1v) is 10.4. The number of carbonyl (C=O) groups is 1. The summed E-state index contributed by atoms with van der Waals surface area (Å²) in [5.41, 5.74) is 7.91. The molecular weight excluding hydrogens is 380 g/mol. The molecule has 7 nitrogen and oxygen atoms in total. The minimum absolute atomic E-state index is 0.437. The van der Waals surface area contributed by atoms with Crippen molar-refractivity contribution in [2.75, 3.05) is 26.3 Å². The highest BCUT2D eigenvalue weighted by Crippen LogP contribution is 2.28. The van der Waals surface area contributed by atoms with Crippen molar-refractivity contribution in [3.05, 3.63) is 59.2 Å². The molecule has 0 bridgehead atoms. The lowest BCUT2D eigenvalue weighted by molar-refractivity contribution is 0.1000. The molecule has 2 aromatic carbocycles. The molecule has 0 saturated heterocycles. The van der Waals surface area contributed by atoms with Crippen LogP contribution in [0.25, 0.3) is 0 Å². The Hall–Kier alpha value is -3.22. The molecule has 4 N–H and O–H groups in total. The Kier molecular flexibility index (Phi) is 9.51. The minimum atomic E-state index is -0.437. The van der Waals surface area contributed by atoms with Gasteiger partial charge in [-0.25, -0.2) is 4.99 Å². The summed E-state index contributed by atoms with van der Waals surface area (Å²) in [4.78, 5) is 15.9. The number of ether oxygens (including phenoxy) is 2. The van der Waals surface area contributed by atoms with Crippen LogP contribution in [0.3, 0.4) is 0 Å². The second kappa shape index (κ2) is 12.4. The zero-order valence-electron chi connectivity index (χ0n) is 18.0. The summed E-state index contributed by atoms with van der Waals surface area (Å²) in [6.45, 7) is 9.06. The van der Waals surface area contributed by atoms with Crippen LogP contribution in [-0.4, -0.2) is 38.2 Å². The summed E-state index contributed by atoms with van der Waals surface area (Å²) in [5.74, 6) is 1.82. The van der Waals surface area contributed by atoms with Crippen molar-refractivity contribution in [1.29, 1.82) is 0 Å². The quantitative estimate of drug-likeness (QED) is 0.389. The largest absolute Gasteiger partial charge is 0.490 e. The lowest BCUT2D eigenvalue weighted by Crippen LogP contribution is -2.38. The van der Waals surface area contributed by atoms with E-state index in [1.54, 1.807) is 12.1 Å². The number of nitrogens with zero attached hydrogens (tertiary/aromatic N) is 1. The average Bonchev–Trinajstić information content (AvgIpc) is 2.74. The number of amides is 1. The third-order valence-corrected chi connectivity index (χ3v) is 4.29. The van der Waals surface area contributed by atoms with E-state index in [0.717, 1.165) is 41.6 Å². The highest BCUT2D eigenvalue weighted by molar-refractivity contribution is 5.92. The monoisotopic (exact) mass is 412 g/mol. The lowest BCUT2D eigenvalue weighted by atomic mass is 10.1. The van der Waals surface area contributed by atoms with Crippen LogP contribution in [0.5, 0.6) is 11.5 Å². The molecule has 2 rings (SSSR count). The number of nitrogens with one attached hydrogen (secondary N) is 2. The topological polar surface area (TPSA) is 98.0 Å². The summed E-state index contributed by atoms with van der Waals surface area (Å²) in [7, 11) is 0. The van der Waals surface area contributed by atoms with Gasteiger partial charge in [0.15, 0.2) is 17.5 Å². The Labute approximate surface area is 178 Å². The van der Waals surface area contributed by atoms with Crippen LogP contribution < -0.4 is 25.8 Å². The zero-order chi connectivity index (χ0) is 21.8. The van der Waals surface area contributed by atoms with Gasteiger partial charge in [0.05, 0.1) is 19.8 Å². The molecule has 30 heavy (non-hydrogen) atoms. The first-order valence-electron chi connectivity index (χ1n) is 10.4. The van der Waals surface area contributed by atoms with E-state index in [9.17, 15) is 4.79 Å². The van der Waals surface area contributed by atoms with Crippen molar-refractivity contribution in [3.63, 3.8) is 0 Å². The van der Waals surface area contributed by atoms with Crippen LogP contribution in [0, 0.1) is 0 Å². The van der Waals surface area contributed by atoms with Crippen LogP contribution in [0.4, 0.5) is 0 Å². The molecule has 0 fully saturated rings. The molecule has 0 spiro atoms. The number of benzene rings is 2. The van der Waals surface area contributed by atoms with E-state index >= 15 is 0 Å². The Bertz CT molecular complexity index is 852. The fourth-order valence-electron chi connectivity index (χ4n) is 2.91. The minimum Gasteiger partial charge on any atom is -0.490 e. The van der Waals surface area contributed by atoms with E-state index in [1.165, 1.54) is 0 Å². The first kappa shape index (κ1) is 23.1. The molecule has 2 aromatic rings. The summed E-state index contributed by atoms with van der Waals surface area (Å²) in [6.07, 6.45) is 0.814. The average molecular weight is 413 g/mol. The fourth-order valence-corrected chi connectivity index (χ4v) is 2.91. The Balaban J connectivity index is 1.97. The number of hydrogen-bond acceptors (Lipinski definition) is 4. The maximum Gasteiger partial charge on any atom is 0.248 e. The smallest absolute Gasteiger partial charge is 0.248 e. The van der Waals surface area contributed by atoms with Crippen molar-refractivity contribution >= 4 is 11.9 Å². The summed E-state index contributed by atoms with van der Waals surface area (Å²) >= 11 is 0. The van der Waals surface area contributed by atoms with Crippen LogP contribution in [0.15, 0.2) is 47.5 Å². The molecule has 162 valence electrons. The summed E-state index contributed by atoms with van der Waals surface area (Å²) < 4.78 is 11.3. The van der Waals surface area contributed by atoms with Crippen LogP contribution in [0.2, 0.25) is 0 Å². The van der Waals surface area contributed by atoms with Crippen molar-refractivity contribution in [1.82, 2.24) is 10.6 Å². The van der Waals surface area contributed by atoms with Gasteiger partial charge in [-0.3, -0.25) is 4.79 Å². The van der Waals surface area contributed by atoms with Crippen molar-refractivity contribution in [3.8, 4) is 11.5 Å².